The third kappa shape index (κ3) is 4.49. The van der Waals surface area contributed by atoms with Crippen molar-refractivity contribution in [3.8, 4) is 22.8 Å². The number of pyridine rings is 1. The van der Waals surface area contributed by atoms with Crippen LogP contribution in [0.1, 0.15) is 39.5 Å². The zero-order valence-electron chi connectivity index (χ0n) is 20.5. The SMILES string of the molecule is COc1ccc(OC)c(N2C(=S)N[C@H](c3ccccn3)[C@H]2c2ccc(-c3ccc(C(=O)O)cc3C)o2)c1. The van der Waals surface area contributed by atoms with Crippen molar-refractivity contribution >= 4 is 29.0 Å². The van der Waals surface area contributed by atoms with Crippen LogP contribution in [0.4, 0.5) is 5.69 Å². The number of nitrogens with one attached hydrogen (secondary N) is 1. The maximum Gasteiger partial charge on any atom is 0.335 e. The molecule has 2 N–H and O–H groups in total. The molecule has 1 aliphatic heterocycles. The molecule has 1 aliphatic rings. The van der Waals surface area contributed by atoms with Gasteiger partial charge >= 0.3 is 5.97 Å². The fourth-order valence-electron chi connectivity index (χ4n) is 4.62. The van der Waals surface area contributed by atoms with Gasteiger partial charge in [0, 0.05) is 17.8 Å². The number of aryl methyl sites for hydroxylation is 1. The number of nitrogens with zero attached hydrogens (tertiary/aromatic N) is 2. The molecule has 8 nitrogen and oxygen atoms in total. The number of benzene rings is 2. The monoisotopic (exact) mass is 515 g/mol. The van der Waals surface area contributed by atoms with Gasteiger partial charge in [-0.25, -0.2) is 4.79 Å². The average molecular weight is 516 g/mol. The highest BCUT2D eigenvalue weighted by molar-refractivity contribution is 7.80. The van der Waals surface area contributed by atoms with Gasteiger partial charge in [0.05, 0.1) is 37.2 Å². The molecule has 2 atom stereocenters. The summed E-state index contributed by atoms with van der Waals surface area (Å²) in [5, 5.41) is 13.2. The number of carbonyl (C=O) groups is 1. The Morgan fingerprint density at radius 2 is 1.92 bits per heavy atom. The van der Waals surface area contributed by atoms with Crippen LogP contribution in [0.3, 0.4) is 0 Å². The second-order valence-corrected chi connectivity index (χ2v) is 8.96. The number of anilines is 1. The molecule has 37 heavy (non-hydrogen) atoms. The number of carboxylic acids is 1. The van der Waals surface area contributed by atoms with Gasteiger partial charge in [-0.05, 0) is 73.2 Å². The summed E-state index contributed by atoms with van der Waals surface area (Å²) in [6.45, 7) is 1.86. The Morgan fingerprint density at radius 1 is 1.08 bits per heavy atom. The van der Waals surface area contributed by atoms with Crippen LogP contribution in [0.25, 0.3) is 11.3 Å². The molecular formula is C28H25N3O5S. The summed E-state index contributed by atoms with van der Waals surface area (Å²) < 4.78 is 17.6. The number of hydrogen-bond acceptors (Lipinski definition) is 6. The largest absolute Gasteiger partial charge is 0.497 e. The predicted octanol–water partition coefficient (Wildman–Crippen LogP) is 5.54. The maximum atomic E-state index is 11.4. The van der Waals surface area contributed by atoms with E-state index in [0.29, 0.717) is 28.1 Å². The molecule has 0 bridgehead atoms. The van der Waals surface area contributed by atoms with Crippen LogP contribution in [0.2, 0.25) is 0 Å². The van der Waals surface area contributed by atoms with Crippen molar-refractivity contribution < 1.29 is 23.8 Å². The summed E-state index contributed by atoms with van der Waals surface area (Å²) in [5.74, 6) is 1.60. The Kier molecular flexibility index (Phi) is 6.54. The predicted molar refractivity (Wildman–Crippen MR) is 143 cm³/mol. The third-order valence-corrected chi connectivity index (χ3v) is 6.72. The third-order valence-electron chi connectivity index (χ3n) is 6.40. The fourth-order valence-corrected chi connectivity index (χ4v) is 4.96. The van der Waals surface area contributed by atoms with E-state index in [1.165, 1.54) is 0 Å². The van der Waals surface area contributed by atoms with E-state index in [0.717, 1.165) is 22.5 Å². The zero-order valence-corrected chi connectivity index (χ0v) is 21.3. The lowest BCUT2D eigenvalue weighted by atomic mass is 10.0. The molecule has 3 heterocycles. The molecule has 0 amide bonds. The van der Waals surface area contributed by atoms with Crippen molar-refractivity contribution in [1.82, 2.24) is 10.3 Å². The number of aromatic carboxylic acids is 1. The van der Waals surface area contributed by atoms with Gasteiger partial charge in [0.15, 0.2) is 5.11 Å². The van der Waals surface area contributed by atoms with Crippen LogP contribution in [0.15, 0.2) is 77.3 Å². The smallest absolute Gasteiger partial charge is 0.335 e. The maximum absolute atomic E-state index is 11.4. The van der Waals surface area contributed by atoms with Gasteiger partial charge in [-0.15, -0.1) is 0 Å². The molecule has 9 heteroatoms. The molecule has 4 aromatic rings. The molecule has 0 radical (unpaired) electrons. The summed E-state index contributed by atoms with van der Waals surface area (Å²) in [4.78, 5) is 17.9. The number of thiocarbonyl (C=S) groups is 1. The second kappa shape index (κ2) is 9.94. The van der Waals surface area contributed by atoms with Crippen molar-refractivity contribution in [3.05, 3.63) is 95.5 Å². The van der Waals surface area contributed by atoms with Gasteiger partial charge in [-0.2, -0.15) is 0 Å². The highest BCUT2D eigenvalue weighted by Crippen LogP contribution is 2.46. The highest BCUT2D eigenvalue weighted by Gasteiger charge is 2.43. The minimum Gasteiger partial charge on any atom is -0.497 e. The van der Waals surface area contributed by atoms with Crippen LogP contribution in [-0.4, -0.2) is 35.4 Å². The molecule has 0 spiro atoms. The molecular weight excluding hydrogens is 490 g/mol. The molecule has 1 fully saturated rings. The topological polar surface area (TPSA) is 97.1 Å². The quantitative estimate of drug-likeness (QED) is 0.307. The van der Waals surface area contributed by atoms with E-state index >= 15 is 0 Å². The number of aromatic nitrogens is 1. The fraction of sp³-hybridized carbons (Fsp3) is 0.179. The molecule has 5 rings (SSSR count). The van der Waals surface area contributed by atoms with Gasteiger partial charge in [0.1, 0.15) is 29.1 Å². The van der Waals surface area contributed by atoms with Crippen molar-refractivity contribution in [1.29, 1.82) is 0 Å². The van der Waals surface area contributed by atoms with Crippen LogP contribution < -0.4 is 19.7 Å². The van der Waals surface area contributed by atoms with Crippen molar-refractivity contribution in [2.45, 2.75) is 19.0 Å². The first kappa shape index (κ1) is 24.3. The normalized spacial score (nSPS) is 16.9. The first-order chi connectivity index (χ1) is 17.9. The number of carboxylic acid groups (broad SMARTS) is 1. The standard InChI is InChI=1S/C28H25N3O5S/c1-16-14-17(27(32)33)7-9-19(16)22-11-12-24(36-22)26-25(20-6-4-5-13-29-20)30-28(37)31(26)21-15-18(34-2)8-10-23(21)35-3/h4-15,25-26H,1-3H3,(H,30,37)(H,32,33)/t25-,26-/m1/s1. The highest BCUT2D eigenvalue weighted by atomic mass is 32.1. The molecule has 2 aromatic carbocycles. The van der Waals surface area contributed by atoms with Crippen molar-refractivity contribution in [2.24, 2.45) is 0 Å². The van der Waals surface area contributed by atoms with E-state index in [4.69, 9.17) is 26.1 Å². The van der Waals surface area contributed by atoms with Gasteiger partial charge < -0.3 is 29.2 Å². The van der Waals surface area contributed by atoms with Crippen LogP contribution in [0, 0.1) is 6.92 Å². The van der Waals surface area contributed by atoms with E-state index in [9.17, 15) is 9.90 Å². The molecule has 0 unspecified atom stereocenters. The van der Waals surface area contributed by atoms with E-state index in [-0.39, 0.29) is 11.6 Å². The Hall–Kier alpha value is -4.37. The van der Waals surface area contributed by atoms with Crippen molar-refractivity contribution in [3.63, 3.8) is 0 Å². The van der Waals surface area contributed by atoms with E-state index in [1.807, 2.05) is 60.4 Å². The van der Waals surface area contributed by atoms with Crippen LogP contribution >= 0.6 is 12.2 Å². The Bertz CT molecular complexity index is 1470. The number of furan rings is 1. The number of hydrogen-bond donors (Lipinski definition) is 2. The molecule has 0 saturated carbocycles. The summed E-state index contributed by atoms with van der Waals surface area (Å²) >= 11 is 5.82. The Labute approximate surface area is 219 Å². The summed E-state index contributed by atoms with van der Waals surface area (Å²) in [5.41, 5.74) is 3.37. The Morgan fingerprint density at radius 3 is 2.59 bits per heavy atom. The van der Waals surface area contributed by atoms with E-state index in [1.54, 1.807) is 38.6 Å². The van der Waals surface area contributed by atoms with E-state index in [2.05, 4.69) is 10.3 Å². The minimum atomic E-state index is -0.971. The van der Waals surface area contributed by atoms with Gasteiger partial charge in [-0.1, -0.05) is 12.1 Å². The second-order valence-electron chi connectivity index (χ2n) is 8.57. The summed E-state index contributed by atoms with van der Waals surface area (Å²) in [7, 11) is 3.22. The summed E-state index contributed by atoms with van der Waals surface area (Å²) in [6.07, 6.45) is 1.74. The van der Waals surface area contributed by atoms with Crippen LogP contribution in [0.5, 0.6) is 11.5 Å². The van der Waals surface area contributed by atoms with Crippen molar-refractivity contribution in [2.75, 3.05) is 19.1 Å². The van der Waals surface area contributed by atoms with E-state index < -0.39 is 12.0 Å². The summed E-state index contributed by atoms with van der Waals surface area (Å²) in [6, 6.07) is 19.3. The lowest BCUT2D eigenvalue weighted by Gasteiger charge is -2.27. The van der Waals surface area contributed by atoms with Gasteiger partial charge in [0.2, 0.25) is 0 Å². The first-order valence-electron chi connectivity index (χ1n) is 11.6. The van der Waals surface area contributed by atoms with Gasteiger partial charge in [0.25, 0.3) is 0 Å². The number of methoxy groups -OCH3 is 2. The number of ether oxygens (including phenoxy) is 2. The average Bonchev–Trinajstić information content (AvgIpc) is 3.53. The molecule has 0 aliphatic carbocycles. The Balaban J connectivity index is 1.63. The van der Waals surface area contributed by atoms with Gasteiger partial charge in [-0.3, -0.25) is 4.98 Å². The molecule has 188 valence electrons. The zero-order chi connectivity index (χ0) is 26.1. The minimum absolute atomic E-state index is 0.227. The molecule has 1 saturated heterocycles. The first-order valence-corrected chi connectivity index (χ1v) is 12.0. The lowest BCUT2D eigenvalue weighted by molar-refractivity contribution is 0.0696. The number of rotatable bonds is 7. The van der Waals surface area contributed by atoms with Crippen LogP contribution in [-0.2, 0) is 0 Å². The molecule has 2 aromatic heterocycles. The lowest BCUT2D eigenvalue weighted by Crippen LogP contribution is -2.29.